The van der Waals surface area contributed by atoms with E-state index in [1.54, 1.807) is 7.11 Å². The predicted octanol–water partition coefficient (Wildman–Crippen LogP) is 3.45. The van der Waals surface area contributed by atoms with Crippen LogP contribution >= 0.6 is 0 Å². The van der Waals surface area contributed by atoms with Crippen LogP contribution in [-0.2, 0) is 4.74 Å². The van der Waals surface area contributed by atoms with Crippen LogP contribution in [0.25, 0.3) is 0 Å². The van der Waals surface area contributed by atoms with Crippen LogP contribution in [0.4, 0.5) is 0 Å². The van der Waals surface area contributed by atoms with E-state index in [-0.39, 0.29) is 6.10 Å². The molecule has 0 heterocycles. The first-order valence-corrected chi connectivity index (χ1v) is 7.49. The second-order valence-electron chi connectivity index (χ2n) is 5.97. The average molecular weight is 279 g/mol. The Morgan fingerprint density at radius 2 is 1.65 bits per heavy atom. The van der Waals surface area contributed by atoms with E-state index in [0.29, 0.717) is 18.4 Å². The fourth-order valence-corrected chi connectivity index (χ4v) is 1.98. The quantitative estimate of drug-likeness (QED) is 0.751. The second kappa shape index (κ2) is 8.98. The van der Waals surface area contributed by atoms with E-state index in [1.165, 1.54) is 5.56 Å². The Bertz CT molecular complexity index is 360. The van der Waals surface area contributed by atoms with Crippen LogP contribution in [0, 0.1) is 5.92 Å². The summed E-state index contributed by atoms with van der Waals surface area (Å²) in [6.45, 7) is 11.2. The molecule has 0 saturated heterocycles. The maximum absolute atomic E-state index is 5.98. The molecule has 1 aromatic carbocycles. The van der Waals surface area contributed by atoms with Crippen molar-refractivity contribution in [1.82, 2.24) is 5.32 Å². The van der Waals surface area contributed by atoms with Crippen LogP contribution in [-0.4, -0.2) is 32.9 Å². The summed E-state index contributed by atoms with van der Waals surface area (Å²) in [5.74, 6) is 2.10. The van der Waals surface area contributed by atoms with Gasteiger partial charge in [0.15, 0.2) is 0 Å². The SMILES string of the molecule is COCC(CNCC(C)C)Oc1ccc(C(C)C)cc1. The molecule has 0 amide bonds. The van der Waals surface area contributed by atoms with Crippen LogP contribution in [0.1, 0.15) is 39.2 Å². The molecular formula is C17H29NO2. The van der Waals surface area contributed by atoms with Crippen molar-refractivity contribution in [3.63, 3.8) is 0 Å². The molecule has 3 nitrogen and oxygen atoms in total. The van der Waals surface area contributed by atoms with E-state index >= 15 is 0 Å². The van der Waals surface area contributed by atoms with Crippen molar-refractivity contribution in [2.45, 2.75) is 39.7 Å². The minimum atomic E-state index is 0.0450. The summed E-state index contributed by atoms with van der Waals surface area (Å²) >= 11 is 0. The lowest BCUT2D eigenvalue weighted by molar-refractivity contribution is 0.0802. The first kappa shape index (κ1) is 17.0. The molecule has 1 rings (SSSR count). The van der Waals surface area contributed by atoms with Gasteiger partial charge in [-0.2, -0.15) is 0 Å². The number of rotatable bonds is 9. The van der Waals surface area contributed by atoms with Gasteiger partial charge in [0.1, 0.15) is 11.9 Å². The van der Waals surface area contributed by atoms with E-state index < -0.39 is 0 Å². The third-order valence-electron chi connectivity index (χ3n) is 3.13. The number of hydrogen-bond donors (Lipinski definition) is 1. The molecule has 0 radical (unpaired) electrons. The van der Waals surface area contributed by atoms with Gasteiger partial charge in [-0.1, -0.05) is 39.8 Å². The molecule has 114 valence electrons. The predicted molar refractivity (Wildman–Crippen MR) is 84.5 cm³/mol. The van der Waals surface area contributed by atoms with E-state index in [0.717, 1.165) is 18.8 Å². The number of hydrogen-bond acceptors (Lipinski definition) is 3. The van der Waals surface area contributed by atoms with Crippen molar-refractivity contribution >= 4 is 0 Å². The number of benzene rings is 1. The van der Waals surface area contributed by atoms with Gasteiger partial charge in [0, 0.05) is 13.7 Å². The zero-order valence-electron chi connectivity index (χ0n) is 13.5. The van der Waals surface area contributed by atoms with Crippen LogP contribution in [0.5, 0.6) is 5.75 Å². The number of nitrogens with one attached hydrogen (secondary N) is 1. The summed E-state index contributed by atoms with van der Waals surface area (Å²) in [5.41, 5.74) is 1.33. The highest BCUT2D eigenvalue weighted by atomic mass is 16.5. The minimum Gasteiger partial charge on any atom is -0.487 e. The molecule has 0 aliphatic rings. The van der Waals surface area contributed by atoms with E-state index in [2.05, 4.69) is 45.1 Å². The molecule has 1 aromatic rings. The van der Waals surface area contributed by atoms with Gasteiger partial charge < -0.3 is 14.8 Å². The van der Waals surface area contributed by atoms with E-state index in [9.17, 15) is 0 Å². The smallest absolute Gasteiger partial charge is 0.134 e. The average Bonchev–Trinajstić information content (AvgIpc) is 2.39. The van der Waals surface area contributed by atoms with Gasteiger partial charge in [0.25, 0.3) is 0 Å². The Balaban J connectivity index is 2.51. The highest BCUT2D eigenvalue weighted by molar-refractivity contribution is 5.29. The molecular weight excluding hydrogens is 250 g/mol. The summed E-state index contributed by atoms with van der Waals surface area (Å²) in [5, 5.41) is 3.41. The highest BCUT2D eigenvalue weighted by Crippen LogP contribution is 2.19. The Hall–Kier alpha value is -1.06. The molecule has 20 heavy (non-hydrogen) atoms. The lowest BCUT2D eigenvalue weighted by Gasteiger charge is -2.20. The Kier molecular flexibility index (Phi) is 7.63. The summed E-state index contributed by atoms with van der Waals surface area (Å²) in [4.78, 5) is 0. The summed E-state index contributed by atoms with van der Waals surface area (Å²) < 4.78 is 11.2. The molecule has 0 aromatic heterocycles. The zero-order valence-corrected chi connectivity index (χ0v) is 13.5. The minimum absolute atomic E-state index is 0.0450. The summed E-state index contributed by atoms with van der Waals surface area (Å²) in [6, 6.07) is 8.34. The highest BCUT2D eigenvalue weighted by Gasteiger charge is 2.10. The molecule has 3 heteroatoms. The Morgan fingerprint density at radius 3 is 2.15 bits per heavy atom. The Labute approximate surface area is 123 Å². The standard InChI is InChI=1S/C17H29NO2/c1-13(2)10-18-11-17(12-19-5)20-16-8-6-15(7-9-16)14(3)4/h6-9,13-14,17-18H,10-12H2,1-5H3. The van der Waals surface area contributed by atoms with Crippen molar-refractivity contribution < 1.29 is 9.47 Å². The van der Waals surface area contributed by atoms with Gasteiger partial charge in [-0.15, -0.1) is 0 Å². The number of ether oxygens (including phenoxy) is 2. The van der Waals surface area contributed by atoms with Crippen molar-refractivity contribution in [1.29, 1.82) is 0 Å². The van der Waals surface area contributed by atoms with Gasteiger partial charge in [-0.25, -0.2) is 0 Å². The fraction of sp³-hybridized carbons (Fsp3) is 0.647. The van der Waals surface area contributed by atoms with Crippen LogP contribution in [0.2, 0.25) is 0 Å². The topological polar surface area (TPSA) is 30.5 Å². The molecule has 0 saturated carbocycles. The number of methoxy groups -OCH3 is 1. The maximum atomic E-state index is 5.98. The molecule has 1 atom stereocenters. The van der Waals surface area contributed by atoms with Gasteiger partial charge in [0.2, 0.25) is 0 Å². The largest absolute Gasteiger partial charge is 0.487 e. The molecule has 0 spiro atoms. The fourth-order valence-electron chi connectivity index (χ4n) is 1.98. The van der Waals surface area contributed by atoms with Gasteiger partial charge >= 0.3 is 0 Å². The van der Waals surface area contributed by atoms with Crippen LogP contribution < -0.4 is 10.1 Å². The normalized spacial score (nSPS) is 12.9. The first-order valence-electron chi connectivity index (χ1n) is 7.49. The van der Waals surface area contributed by atoms with Gasteiger partial charge in [0.05, 0.1) is 6.61 Å². The molecule has 1 unspecified atom stereocenters. The monoisotopic (exact) mass is 279 g/mol. The van der Waals surface area contributed by atoms with E-state index in [1.807, 2.05) is 12.1 Å². The zero-order chi connectivity index (χ0) is 15.0. The van der Waals surface area contributed by atoms with Crippen molar-refractivity contribution in [2.75, 3.05) is 26.8 Å². The molecule has 0 aliphatic carbocycles. The lowest BCUT2D eigenvalue weighted by atomic mass is 10.0. The summed E-state index contributed by atoms with van der Waals surface area (Å²) in [6.07, 6.45) is 0.0450. The molecule has 0 fully saturated rings. The van der Waals surface area contributed by atoms with Gasteiger partial charge in [-0.3, -0.25) is 0 Å². The molecule has 1 N–H and O–H groups in total. The molecule has 0 aliphatic heterocycles. The van der Waals surface area contributed by atoms with Crippen molar-refractivity contribution in [3.8, 4) is 5.75 Å². The third-order valence-corrected chi connectivity index (χ3v) is 3.13. The lowest BCUT2D eigenvalue weighted by Crippen LogP contribution is -2.36. The van der Waals surface area contributed by atoms with Crippen molar-refractivity contribution in [3.05, 3.63) is 29.8 Å². The van der Waals surface area contributed by atoms with Gasteiger partial charge in [-0.05, 0) is 36.1 Å². The van der Waals surface area contributed by atoms with Crippen LogP contribution in [0.15, 0.2) is 24.3 Å². The second-order valence-corrected chi connectivity index (χ2v) is 5.97. The first-order chi connectivity index (χ1) is 9.52. The molecule has 0 bridgehead atoms. The van der Waals surface area contributed by atoms with Crippen molar-refractivity contribution in [2.24, 2.45) is 5.92 Å². The van der Waals surface area contributed by atoms with Crippen LogP contribution in [0.3, 0.4) is 0 Å². The maximum Gasteiger partial charge on any atom is 0.134 e. The van der Waals surface area contributed by atoms with E-state index in [4.69, 9.17) is 9.47 Å². The Morgan fingerprint density at radius 1 is 1.00 bits per heavy atom. The third kappa shape index (κ3) is 6.40. The summed E-state index contributed by atoms with van der Waals surface area (Å²) in [7, 11) is 1.71.